The van der Waals surface area contributed by atoms with E-state index < -0.39 is 0 Å². The molecule has 6 heteroatoms. The molecule has 1 amide bonds. The first-order chi connectivity index (χ1) is 12.3. The molecule has 0 atom stereocenters. The molecule has 0 spiro atoms. The quantitative estimate of drug-likeness (QED) is 0.574. The van der Waals surface area contributed by atoms with Crippen LogP contribution in [0.15, 0.2) is 59.4 Å². The number of aromatic amines is 1. The number of rotatable bonds is 4. The standard InChI is InChI=1S/C19H14N4OS/c24-19(18-11-25-12-20-18)21-15-7-3-1-5-13(15)9-10-17-14-6-2-4-8-16(14)22-23-17/h1-12H,(H,21,24)(H,22,23). The molecule has 0 aliphatic heterocycles. The molecule has 0 aliphatic carbocycles. The topological polar surface area (TPSA) is 70.7 Å². The molecule has 5 nitrogen and oxygen atoms in total. The van der Waals surface area contributed by atoms with Gasteiger partial charge in [-0.15, -0.1) is 11.3 Å². The van der Waals surface area contributed by atoms with E-state index in [9.17, 15) is 4.79 Å². The number of carbonyl (C=O) groups is 1. The Hall–Kier alpha value is -3.25. The van der Waals surface area contributed by atoms with Crippen LogP contribution in [0, 0.1) is 0 Å². The number of para-hydroxylation sites is 2. The van der Waals surface area contributed by atoms with Crippen LogP contribution >= 0.6 is 11.3 Å². The van der Waals surface area contributed by atoms with E-state index in [1.165, 1.54) is 11.3 Å². The average molecular weight is 346 g/mol. The molecule has 2 N–H and O–H groups in total. The second-order valence-electron chi connectivity index (χ2n) is 5.40. The number of fused-ring (bicyclic) bond motifs is 1. The largest absolute Gasteiger partial charge is 0.320 e. The SMILES string of the molecule is O=C(Nc1ccccc1C=Cc1n[nH]c2ccccc12)c1cscn1. The minimum absolute atomic E-state index is 0.215. The van der Waals surface area contributed by atoms with E-state index in [4.69, 9.17) is 0 Å². The predicted octanol–water partition coefficient (Wildman–Crippen LogP) is 4.44. The van der Waals surface area contributed by atoms with Gasteiger partial charge in [0.25, 0.3) is 5.91 Å². The van der Waals surface area contributed by atoms with Crippen LogP contribution in [0.3, 0.4) is 0 Å². The summed E-state index contributed by atoms with van der Waals surface area (Å²) >= 11 is 1.39. The van der Waals surface area contributed by atoms with Crippen LogP contribution < -0.4 is 5.32 Å². The highest BCUT2D eigenvalue weighted by Crippen LogP contribution is 2.21. The molecule has 4 rings (SSSR count). The third-order valence-corrected chi connectivity index (χ3v) is 4.38. The fraction of sp³-hybridized carbons (Fsp3) is 0. The number of H-pyrrole nitrogens is 1. The fourth-order valence-corrected chi connectivity index (χ4v) is 3.08. The van der Waals surface area contributed by atoms with Crippen molar-refractivity contribution in [2.24, 2.45) is 0 Å². The maximum Gasteiger partial charge on any atom is 0.275 e. The van der Waals surface area contributed by atoms with Crippen molar-refractivity contribution >= 4 is 46.0 Å². The van der Waals surface area contributed by atoms with Gasteiger partial charge in [0.15, 0.2) is 0 Å². The van der Waals surface area contributed by atoms with Crippen LogP contribution in [0.5, 0.6) is 0 Å². The molecule has 2 heterocycles. The molecule has 0 aliphatic rings. The van der Waals surface area contributed by atoms with E-state index >= 15 is 0 Å². The number of hydrogen-bond acceptors (Lipinski definition) is 4. The second-order valence-corrected chi connectivity index (χ2v) is 6.12. The average Bonchev–Trinajstić information content (AvgIpc) is 3.31. The van der Waals surface area contributed by atoms with Crippen LogP contribution in [0.1, 0.15) is 21.7 Å². The third kappa shape index (κ3) is 3.20. The highest BCUT2D eigenvalue weighted by molar-refractivity contribution is 7.07. The van der Waals surface area contributed by atoms with Gasteiger partial charge in [0.2, 0.25) is 0 Å². The number of hydrogen-bond donors (Lipinski definition) is 2. The Balaban J connectivity index is 1.61. The van der Waals surface area contributed by atoms with E-state index in [1.807, 2.05) is 60.7 Å². The number of carbonyl (C=O) groups excluding carboxylic acids is 1. The Morgan fingerprint density at radius 2 is 1.92 bits per heavy atom. The normalized spacial score (nSPS) is 11.2. The fourth-order valence-electron chi connectivity index (χ4n) is 2.55. The molecule has 0 unspecified atom stereocenters. The Bertz CT molecular complexity index is 1050. The Labute approximate surface area is 148 Å². The second kappa shape index (κ2) is 6.70. The zero-order chi connectivity index (χ0) is 17.1. The lowest BCUT2D eigenvalue weighted by molar-refractivity contribution is 0.102. The number of aromatic nitrogens is 3. The minimum atomic E-state index is -0.215. The van der Waals surface area contributed by atoms with E-state index in [2.05, 4.69) is 20.5 Å². The van der Waals surface area contributed by atoms with Crippen molar-refractivity contribution in [1.29, 1.82) is 0 Å². The molecule has 4 aromatic rings. The van der Waals surface area contributed by atoms with Crippen LogP contribution in [0.2, 0.25) is 0 Å². The first kappa shape index (κ1) is 15.3. The summed E-state index contributed by atoms with van der Waals surface area (Å²) < 4.78 is 0. The van der Waals surface area contributed by atoms with E-state index in [-0.39, 0.29) is 5.91 Å². The molecule has 0 fully saturated rings. The lowest BCUT2D eigenvalue weighted by Crippen LogP contribution is -2.12. The van der Waals surface area contributed by atoms with Gasteiger partial charge >= 0.3 is 0 Å². The van der Waals surface area contributed by atoms with Crippen molar-refractivity contribution in [2.45, 2.75) is 0 Å². The zero-order valence-corrected chi connectivity index (χ0v) is 14.0. The van der Waals surface area contributed by atoms with E-state index in [1.54, 1.807) is 10.9 Å². The molecule has 0 saturated carbocycles. The monoisotopic (exact) mass is 346 g/mol. The molecule has 25 heavy (non-hydrogen) atoms. The number of thiazole rings is 1. The molecular formula is C19H14N4OS. The lowest BCUT2D eigenvalue weighted by Gasteiger charge is -2.07. The molecule has 2 aromatic heterocycles. The van der Waals surface area contributed by atoms with Crippen LogP contribution in [0.25, 0.3) is 23.1 Å². The first-order valence-corrected chi connectivity index (χ1v) is 8.65. The van der Waals surface area contributed by atoms with Crippen LogP contribution in [0.4, 0.5) is 5.69 Å². The van der Waals surface area contributed by atoms with Crippen molar-refractivity contribution < 1.29 is 4.79 Å². The van der Waals surface area contributed by atoms with E-state index in [0.717, 1.165) is 27.8 Å². The highest BCUT2D eigenvalue weighted by atomic mass is 32.1. The van der Waals surface area contributed by atoms with Crippen molar-refractivity contribution in [3.8, 4) is 0 Å². The van der Waals surface area contributed by atoms with Gasteiger partial charge in [0.05, 0.1) is 16.7 Å². The number of nitrogens with one attached hydrogen (secondary N) is 2. The number of benzene rings is 2. The summed E-state index contributed by atoms with van der Waals surface area (Å²) in [5, 5.41) is 13.0. The van der Waals surface area contributed by atoms with Crippen molar-refractivity contribution in [2.75, 3.05) is 5.32 Å². The van der Waals surface area contributed by atoms with Gasteiger partial charge in [-0.1, -0.05) is 42.5 Å². The minimum Gasteiger partial charge on any atom is -0.320 e. The van der Waals surface area contributed by atoms with Crippen LogP contribution in [-0.2, 0) is 0 Å². The summed E-state index contributed by atoms with van der Waals surface area (Å²) in [4.78, 5) is 16.3. The summed E-state index contributed by atoms with van der Waals surface area (Å²) in [6, 6.07) is 15.6. The summed E-state index contributed by atoms with van der Waals surface area (Å²) in [6.07, 6.45) is 3.88. The van der Waals surface area contributed by atoms with Crippen molar-refractivity contribution in [3.05, 3.63) is 76.4 Å². The Kier molecular flexibility index (Phi) is 4.10. The van der Waals surface area contributed by atoms with Gasteiger partial charge in [-0.3, -0.25) is 9.89 Å². The Morgan fingerprint density at radius 1 is 1.08 bits per heavy atom. The van der Waals surface area contributed by atoms with Gasteiger partial charge in [-0.25, -0.2) is 4.98 Å². The molecule has 122 valence electrons. The summed E-state index contributed by atoms with van der Waals surface area (Å²) in [7, 11) is 0. The predicted molar refractivity (Wildman–Crippen MR) is 102 cm³/mol. The zero-order valence-electron chi connectivity index (χ0n) is 13.1. The Morgan fingerprint density at radius 3 is 2.80 bits per heavy atom. The number of anilines is 1. The first-order valence-electron chi connectivity index (χ1n) is 7.71. The smallest absolute Gasteiger partial charge is 0.275 e. The van der Waals surface area contributed by atoms with Crippen LogP contribution in [-0.4, -0.2) is 21.1 Å². The number of amides is 1. The van der Waals surface area contributed by atoms with Gasteiger partial charge in [-0.2, -0.15) is 5.10 Å². The van der Waals surface area contributed by atoms with Gasteiger partial charge in [0.1, 0.15) is 5.69 Å². The molecular weight excluding hydrogens is 332 g/mol. The third-order valence-electron chi connectivity index (χ3n) is 3.79. The van der Waals surface area contributed by atoms with Crippen molar-refractivity contribution in [3.63, 3.8) is 0 Å². The molecule has 0 bridgehead atoms. The maximum atomic E-state index is 12.2. The van der Waals surface area contributed by atoms with Gasteiger partial charge in [-0.05, 0) is 23.8 Å². The molecule has 0 radical (unpaired) electrons. The molecule has 2 aromatic carbocycles. The van der Waals surface area contributed by atoms with Gasteiger partial charge in [0, 0.05) is 16.5 Å². The lowest BCUT2D eigenvalue weighted by atomic mass is 10.1. The van der Waals surface area contributed by atoms with E-state index in [0.29, 0.717) is 5.69 Å². The summed E-state index contributed by atoms with van der Waals surface area (Å²) in [6.45, 7) is 0. The molecule has 0 saturated heterocycles. The van der Waals surface area contributed by atoms with Crippen molar-refractivity contribution in [1.82, 2.24) is 15.2 Å². The highest BCUT2D eigenvalue weighted by Gasteiger charge is 2.09. The van der Waals surface area contributed by atoms with Gasteiger partial charge < -0.3 is 5.32 Å². The maximum absolute atomic E-state index is 12.2. The summed E-state index contributed by atoms with van der Waals surface area (Å²) in [5.41, 5.74) is 5.55. The number of nitrogens with zero attached hydrogens (tertiary/aromatic N) is 2. The summed E-state index contributed by atoms with van der Waals surface area (Å²) in [5.74, 6) is -0.215.